The summed E-state index contributed by atoms with van der Waals surface area (Å²) < 4.78 is 10.6. The van der Waals surface area contributed by atoms with Crippen molar-refractivity contribution in [2.45, 2.75) is 43.9 Å². The van der Waals surface area contributed by atoms with Crippen LogP contribution in [0, 0.1) is 5.92 Å². The van der Waals surface area contributed by atoms with E-state index in [0.29, 0.717) is 16.7 Å². The Morgan fingerprint density at radius 3 is 2.92 bits per heavy atom. The highest BCUT2D eigenvalue weighted by Gasteiger charge is 2.23. The molecule has 1 heterocycles. The molecule has 1 N–H and O–H groups in total. The van der Waals surface area contributed by atoms with Crippen LogP contribution in [-0.2, 0) is 14.3 Å². The zero-order valence-electron chi connectivity index (χ0n) is 14.2. The molecule has 0 saturated heterocycles. The molecule has 2 aromatic rings. The minimum Gasteiger partial charge on any atom is -0.455 e. The number of rotatable bonds is 6. The Labute approximate surface area is 150 Å². The molecule has 1 aromatic carbocycles. The number of aromatic nitrogens is 1. The molecule has 0 spiro atoms. The van der Waals surface area contributed by atoms with Gasteiger partial charge in [0.2, 0.25) is 0 Å². The molecule has 1 aliphatic rings. The molecule has 1 amide bonds. The van der Waals surface area contributed by atoms with Crippen LogP contribution in [0.15, 0.2) is 33.9 Å². The molecule has 0 radical (unpaired) electrons. The molecule has 7 heteroatoms. The summed E-state index contributed by atoms with van der Waals surface area (Å²) >= 11 is 1.16. The van der Waals surface area contributed by atoms with Crippen LogP contribution < -0.4 is 5.32 Å². The average molecular weight is 362 g/mol. The lowest BCUT2D eigenvalue weighted by Gasteiger charge is -2.29. The molecular formula is C18H22N2O4S. The standard InChI is InChI=1S/C18H22N2O4S/c1-12-6-2-3-7-13(12)19-16(21)10-23-17(22)11-25-18-20-14-8-4-5-9-15(14)24-18/h4-5,8-9,12-13H,2-3,6-7,10-11H2,1H3,(H,19,21). The molecule has 2 unspecified atom stereocenters. The van der Waals surface area contributed by atoms with Crippen LogP contribution in [0.3, 0.4) is 0 Å². The van der Waals surface area contributed by atoms with Gasteiger partial charge in [-0.3, -0.25) is 9.59 Å². The van der Waals surface area contributed by atoms with Crippen LogP contribution in [0.5, 0.6) is 0 Å². The van der Waals surface area contributed by atoms with Crippen LogP contribution in [0.2, 0.25) is 0 Å². The summed E-state index contributed by atoms with van der Waals surface area (Å²) in [5.74, 6) is -0.166. The van der Waals surface area contributed by atoms with Crippen molar-refractivity contribution >= 4 is 34.7 Å². The maximum atomic E-state index is 11.9. The molecule has 25 heavy (non-hydrogen) atoms. The highest BCUT2D eigenvalue weighted by molar-refractivity contribution is 7.99. The zero-order chi connectivity index (χ0) is 17.6. The van der Waals surface area contributed by atoms with E-state index < -0.39 is 5.97 Å². The van der Waals surface area contributed by atoms with Gasteiger partial charge in [0.1, 0.15) is 11.3 Å². The fraction of sp³-hybridized carbons (Fsp3) is 0.500. The first kappa shape index (κ1) is 17.8. The fourth-order valence-electron chi connectivity index (χ4n) is 3.00. The molecule has 134 valence electrons. The number of oxazole rings is 1. The van der Waals surface area contributed by atoms with Crippen molar-refractivity contribution in [3.63, 3.8) is 0 Å². The van der Waals surface area contributed by atoms with Crippen molar-refractivity contribution < 1.29 is 18.7 Å². The molecule has 6 nitrogen and oxygen atoms in total. The lowest BCUT2D eigenvalue weighted by atomic mass is 9.86. The summed E-state index contributed by atoms with van der Waals surface area (Å²) in [6.45, 7) is 1.91. The monoisotopic (exact) mass is 362 g/mol. The molecule has 2 atom stereocenters. The van der Waals surface area contributed by atoms with Gasteiger partial charge in [-0.05, 0) is 30.9 Å². The third-order valence-electron chi connectivity index (χ3n) is 4.41. The summed E-state index contributed by atoms with van der Waals surface area (Å²) in [5, 5.41) is 3.38. The number of nitrogens with one attached hydrogen (secondary N) is 1. The van der Waals surface area contributed by atoms with Gasteiger partial charge in [0, 0.05) is 6.04 Å². The van der Waals surface area contributed by atoms with E-state index in [-0.39, 0.29) is 24.3 Å². The van der Waals surface area contributed by atoms with Crippen molar-refractivity contribution in [3.8, 4) is 0 Å². The second-order valence-electron chi connectivity index (χ2n) is 6.33. The summed E-state index contributed by atoms with van der Waals surface area (Å²) in [6.07, 6.45) is 4.48. The van der Waals surface area contributed by atoms with E-state index in [1.807, 2.05) is 24.3 Å². The lowest BCUT2D eigenvalue weighted by molar-refractivity contribution is -0.146. The summed E-state index contributed by atoms with van der Waals surface area (Å²) in [7, 11) is 0. The summed E-state index contributed by atoms with van der Waals surface area (Å²) in [5.41, 5.74) is 1.43. The van der Waals surface area contributed by atoms with Gasteiger partial charge in [-0.2, -0.15) is 0 Å². The number of nitrogens with zero attached hydrogens (tertiary/aromatic N) is 1. The molecule has 0 aliphatic heterocycles. The first-order valence-electron chi connectivity index (χ1n) is 8.55. The topological polar surface area (TPSA) is 81.4 Å². The van der Waals surface area contributed by atoms with Crippen LogP contribution in [0.4, 0.5) is 0 Å². The molecule has 3 rings (SSSR count). The number of hydrogen-bond acceptors (Lipinski definition) is 6. The maximum Gasteiger partial charge on any atom is 0.316 e. The average Bonchev–Trinajstić information content (AvgIpc) is 3.03. The van der Waals surface area contributed by atoms with Gasteiger partial charge in [-0.1, -0.05) is 43.7 Å². The second kappa shape index (κ2) is 8.38. The number of fused-ring (bicyclic) bond motifs is 1. The minimum absolute atomic E-state index is 0.0555. The zero-order valence-corrected chi connectivity index (χ0v) is 15.0. The molecule has 1 saturated carbocycles. The van der Waals surface area contributed by atoms with Gasteiger partial charge in [0.25, 0.3) is 11.1 Å². The summed E-state index contributed by atoms with van der Waals surface area (Å²) in [6, 6.07) is 7.59. The number of carbonyl (C=O) groups is 2. The van der Waals surface area contributed by atoms with Crippen LogP contribution in [0.1, 0.15) is 32.6 Å². The highest BCUT2D eigenvalue weighted by Crippen LogP contribution is 2.24. The Morgan fingerprint density at radius 2 is 2.12 bits per heavy atom. The third kappa shape index (κ3) is 4.98. The predicted molar refractivity (Wildman–Crippen MR) is 95.3 cm³/mol. The van der Waals surface area contributed by atoms with E-state index in [1.54, 1.807) is 0 Å². The van der Waals surface area contributed by atoms with Crippen LogP contribution in [0.25, 0.3) is 11.1 Å². The number of hydrogen-bond donors (Lipinski definition) is 1. The van der Waals surface area contributed by atoms with E-state index in [1.165, 1.54) is 6.42 Å². The van der Waals surface area contributed by atoms with Crippen LogP contribution in [-0.4, -0.2) is 35.3 Å². The van der Waals surface area contributed by atoms with Crippen molar-refractivity contribution in [2.75, 3.05) is 12.4 Å². The molecular weight excluding hydrogens is 340 g/mol. The minimum atomic E-state index is -0.459. The first-order chi connectivity index (χ1) is 12.1. The predicted octanol–water partition coefficient (Wildman–Crippen LogP) is 3.16. The highest BCUT2D eigenvalue weighted by atomic mass is 32.2. The number of esters is 1. The van der Waals surface area contributed by atoms with E-state index in [0.717, 1.165) is 36.5 Å². The lowest BCUT2D eigenvalue weighted by Crippen LogP contribution is -2.43. The number of benzene rings is 1. The van der Waals surface area contributed by atoms with E-state index in [4.69, 9.17) is 9.15 Å². The number of ether oxygens (including phenoxy) is 1. The van der Waals surface area contributed by atoms with E-state index >= 15 is 0 Å². The van der Waals surface area contributed by atoms with Gasteiger partial charge < -0.3 is 14.5 Å². The molecule has 1 fully saturated rings. The first-order valence-corrected chi connectivity index (χ1v) is 9.54. The fourth-order valence-corrected chi connectivity index (χ4v) is 3.64. The van der Waals surface area contributed by atoms with Crippen molar-refractivity contribution in [1.29, 1.82) is 0 Å². The number of carbonyl (C=O) groups excluding carboxylic acids is 2. The van der Waals surface area contributed by atoms with Gasteiger partial charge >= 0.3 is 5.97 Å². The summed E-state index contributed by atoms with van der Waals surface area (Å²) in [4.78, 5) is 28.0. The van der Waals surface area contributed by atoms with Crippen molar-refractivity contribution in [2.24, 2.45) is 5.92 Å². The second-order valence-corrected chi connectivity index (χ2v) is 7.26. The molecule has 1 aliphatic carbocycles. The Hall–Kier alpha value is -2.02. The van der Waals surface area contributed by atoms with Gasteiger partial charge in [0.05, 0.1) is 0 Å². The Morgan fingerprint density at radius 1 is 1.32 bits per heavy atom. The van der Waals surface area contributed by atoms with Crippen molar-refractivity contribution in [3.05, 3.63) is 24.3 Å². The Bertz CT molecular complexity index is 713. The normalized spacial score (nSPS) is 20.4. The number of para-hydroxylation sites is 2. The quantitative estimate of drug-likeness (QED) is 0.628. The maximum absolute atomic E-state index is 11.9. The van der Waals surface area contributed by atoms with Crippen molar-refractivity contribution in [1.82, 2.24) is 10.3 Å². The van der Waals surface area contributed by atoms with E-state index in [2.05, 4.69) is 17.2 Å². The third-order valence-corrected chi connectivity index (χ3v) is 5.21. The molecule has 0 bridgehead atoms. The molecule has 1 aromatic heterocycles. The van der Waals surface area contributed by atoms with Gasteiger partial charge in [-0.15, -0.1) is 0 Å². The van der Waals surface area contributed by atoms with Gasteiger partial charge in [-0.25, -0.2) is 4.98 Å². The Balaban J connectivity index is 1.39. The SMILES string of the molecule is CC1CCCCC1NC(=O)COC(=O)CSc1nc2ccccc2o1. The van der Waals surface area contributed by atoms with Crippen LogP contribution >= 0.6 is 11.8 Å². The Kier molecular flexibility index (Phi) is 5.96. The smallest absolute Gasteiger partial charge is 0.316 e. The van der Waals surface area contributed by atoms with E-state index in [9.17, 15) is 9.59 Å². The van der Waals surface area contributed by atoms with Gasteiger partial charge in [0.15, 0.2) is 12.2 Å². The number of thioether (sulfide) groups is 1. The number of amides is 1. The largest absolute Gasteiger partial charge is 0.455 e.